The summed E-state index contributed by atoms with van der Waals surface area (Å²) in [6.07, 6.45) is 15.8. The first-order valence-corrected chi connectivity index (χ1v) is 24.0. The number of nitrogens with one attached hydrogen (secondary N) is 2. The molecule has 6 heteroatoms. The Kier molecular flexibility index (Phi) is 11.8. The van der Waals surface area contributed by atoms with Gasteiger partial charge in [-0.15, -0.1) is 11.3 Å². The molecule has 62 heavy (non-hydrogen) atoms. The molecule has 3 amide bonds. The minimum atomic E-state index is -0.487. The molecule has 3 aliphatic rings. The van der Waals surface area contributed by atoms with Gasteiger partial charge in [-0.3, -0.25) is 10.1 Å². The number of anilines is 3. The number of carbonyl (C=O) groups excluding carboxylic acids is 2. The summed E-state index contributed by atoms with van der Waals surface area (Å²) in [5.41, 5.74) is 16.3. The van der Waals surface area contributed by atoms with E-state index in [4.69, 9.17) is 0 Å². The average Bonchev–Trinajstić information content (AvgIpc) is 4.04. The number of amides is 3. The van der Waals surface area contributed by atoms with Crippen LogP contribution in [-0.4, -0.2) is 11.9 Å². The van der Waals surface area contributed by atoms with E-state index in [0.717, 1.165) is 46.7 Å². The maximum atomic E-state index is 12.2. The lowest BCUT2D eigenvalue weighted by Crippen LogP contribution is -2.26. The summed E-state index contributed by atoms with van der Waals surface area (Å²) in [4.78, 5) is 28.5. The minimum absolute atomic E-state index is 0.0211. The third-order valence-corrected chi connectivity index (χ3v) is 15.0. The molecule has 316 valence electrons. The Morgan fingerprint density at radius 2 is 0.984 bits per heavy atom. The topological polar surface area (TPSA) is 61.4 Å². The Bertz CT molecular complexity index is 2520. The van der Waals surface area contributed by atoms with Gasteiger partial charge in [0, 0.05) is 37.6 Å². The Balaban J connectivity index is 1.19. The van der Waals surface area contributed by atoms with Crippen LogP contribution in [0.4, 0.5) is 21.9 Å². The molecule has 2 heterocycles. The van der Waals surface area contributed by atoms with Gasteiger partial charge in [-0.1, -0.05) is 152 Å². The normalized spacial score (nSPS) is 15.8. The van der Waals surface area contributed by atoms with Gasteiger partial charge < -0.3 is 10.2 Å². The molecule has 0 atom stereocenters. The monoisotopic (exact) mass is 837 g/mol. The summed E-state index contributed by atoms with van der Waals surface area (Å²) < 4.78 is 0. The molecular formula is C56H59N3O2S. The van der Waals surface area contributed by atoms with Crippen LogP contribution in [0.25, 0.3) is 38.8 Å². The van der Waals surface area contributed by atoms with Gasteiger partial charge in [0.2, 0.25) is 0 Å². The van der Waals surface area contributed by atoms with E-state index < -0.39 is 11.9 Å². The minimum Gasteiger partial charge on any atom is -0.310 e. The van der Waals surface area contributed by atoms with E-state index in [0.29, 0.717) is 0 Å². The van der Waals surface area contributed by atoms with E-state index in [1.165, 1.54) is 107 Å². The third kappa shape index (κ3) is 7.30. The predicted molar refractivity (Wildman–Crippen MR) is 260 cm³/mol. The number of hydrogen-bond donors (Lipinski definition) is 2. The fraction of sp³-hybridized carbons (Fsp3) is 0.321. The van der Waals surface area contributed by atoms with Crippen molar-refractivity contribution in [2.24, 2.45) is 0 Å². The SMILES string of the molecule is CCCCC1(CCCC)c2ccccc2-c2ccc(N(c3ccc(-c4ccc(/C=C5/NC(=O)NC5=O)s4)cc3)c3ccc4c(c3)C(CCCC)(CCCC)c3ccccc3-4)cc21. The molecule has 1 fully saturated rings. The van der Waals surface area contributed by atoms with Crippen LogP contribution in [0.2, 0.25) is 0 Å². The van der Waals surface area contributed by atoms with Crippen molar-refractivity contribution in [1.29, 1.82) is 0 Å². The molecule has 0 radical (unpaired) electrons. The average molecular weight is 838 g/mol. The molecule has 2 aliphatic carbocycles. The summed E-state index contributed by atoms with van der Waals surface area (Å²) in [6, 6.07) is 45.7. The lowest BCUT2D eigenvalue weighted by molar-refractivity contribution is -0.115. The van der Waals surface area contributed by atoms with Crippen LogP contribution < -0.4 is 15.5 Å². The Labute approximate surface area is 372 Å². The standard InChI is InChI=1S/C56H59N3O2S/c1-5-9-31-55(32-10-6-2)47-19-15-13-17-43(47)45-28-25-40(35-49(45)55)59(39-23-21-38(22-24-39)52-30-27-42(62-52)37-51-53(60)58-54(61)57-51)41-26-29-46-44-18-14-16-20-48(44)56(33-11-7-3,34-12-8-4)50(46)36-41/h13-30,35-37H,5-12,31-34H2,1-4H3,(H2,57,58,60,61)/b51-37+. The van der Waals surface area contributed by atoms with E-state index in [-0.39, 0.29) is 16.5 Å². The summed E-state index contributed by atoms with van der Waals surface area (Å²) in [5, 5.41) is 4.90. The molecule has 6 aromatic rings. The molecule has 5 aromatic carbocycles. The zero-order chi connectivity index (χ0) is 42.8. The summed E-state index contributed by atoms with van der Waals surface area (Å²) in [6.45, 7) is 9.30. The maximum Gasteiger partial charge on any atom is 0.326 e. The van der Waals surface area contributed by atoms with Gasteiger partial charge in [-0.2, -0.15) is 0 Å². The van der Waals surface area contributed by atoms with Crippen LogP contribution in [-0.2, 0) is 15.6 Å². The summed E-state index contributed by atoms with van der Waals surface area (Å²) >= 11 is 1.60. The van der Waals surface area contributed by atoms with Crippen molar-refractivity contribution in [3.05, 3.63) is 154 Å². The molecule has 0 spiro atoms. The molecule has 2 N–H and O–H groups in total. The fourth-order valence-electron chi connectivity index (χ4n) is 10.8. The van der Waals surface area contributed by atoms with Crippen molar-refractivity contribution < 1.29 is 9.59 Å². The lowest BCUT2D eigenvalue weighted by atomic mass is 9.70. The van der Waals surface area contributed by atoms with Gasteiger partial charge in [0.25, 0.3) is 5.91 Å². The van der Waals surface area contributed by atoms with Crippen molar-refractivity contribution in [2.75, 3.05) is 4.90 Å². The Morgan fingerprint density at radius 3 is 1.45 bits per heavy atom. The lowest BCUT2D eigenvalue weighted by Gasteiger charge is -2.35. The van der Waals surface area contributed by atoms with Crippen LogP contribution in [0.3, 0.4) is 0 Å². The van der Waals surface area contributed by atoms with Crippen LogP contribution in [0, 0.1) is 0 Å². The first-order chi connectivity index (χ1) is 30.3. The van der Waals surface area contributed by atoms with Gasteiger partial charge in [-0.25, -0.2) is 4.79 Å². The van der Waals surface area contributed by atoms with Crippen molar-refractivity contribution in [3.63, 3.8) is 0 Å². The number of thiophene rings is 1. The second-order valence-corrected chi connectivity index (χ2v) is 18.8. The van der Waals surface area contributed by atoms with Crippen LogP contribution in [0.15, 0.2) is 127 Å². The highest BCUT2D eigenvalue weighted by Gasteiger charge is 2.44. The number of rotatable bonds is 17. The van der Waals surface area contributed by atoms with Gasteiger partial charge in [0.05, 0.1) is 0 Å². The molecule has 1 saturated heterocycles. The number of nitrogens with zero attached hydrogens (tertiary/aromatic N) is 1. The number of benzene rings is 5. The van der Waals surface area contributed by atoms with Crippen LogP contribution in [0.5, 0.6) is 0 Å². The zero-order valence-corrected chi connectivity index (χ0v) is 37.6. The number of imide groups is 1. The maximum absolute atomic E-state index is 12.2. The Morgan fingerprint density at radius 1 is 0.516 bits per heavy atom. The van der Waals surface area contributed by atoms with Crippen molar-refractivity contribution in [1.82, 2.24) is 10.6 Å². The van der Waals surface area contributed by atoms with Crippen molar-refractivity contribution in [3.8, 4) is 32.7 Å². The van der Waals surface area contributed by atoms with Gasteiger partial charge in [-0.05, 0) is 130 Å². The van der Waals surface area contributed by atoms with E-state index in [1.807, 2.05) is 6.07 Å². The molecule has 0 unspecified atom stereocenters. The molecule has 1 aliphatic heterocycles. The predicted octanol–water partition coefficient (Wildman–Crippen LogP) is 15.4. The van der Waals surface area contributed by atoms with Gasteiger partial charge >= 0.3 is 6.03 Å². The molecular weight excluding hydrogens is 779 g/mol. The van der Waals surface area contributed by atoms with Crippen molar-refractivity contribution >= 4 is 46.4 Å². The quantitative estimate of drug-likeness (QED) is 0.0710. The van der Waals surface area contributed by atoms with Gasteiger partial charge in [0.15, 0.2) is 0 Å². The zero-order valence-electron chi connectivity index (χ0n) is 36.8. The fourth-order valence-corrected chi connectivity index (χ4v) is 11.8. The van der Waals surface area contributed by atoms with Crippen LogP contribution in [0.1, 0.15) is 132 Å². The Hall–Kier alpha value is -5.72. The molecule has 0 saturated carbocycles. The smallest absolute Gasteiger partial charge is 0.310 e. The number of unbranched alkanes of at least 4 members (excludes halogenated alkanes) is 4. The van der Waals surface area contributed by atoms with Crippen molar-refractivity contribution in [2.45, 2.75) is 116 Å². The van der Waals surface area contributed by atoms with E-state index in [1.54, 1.807) is 17.4 Å². The van der Waals surface area contributed by atoms with Crippen LogP contribution >= 0.6 is 11.3 Å². The first kappa shape index (κ1) is 41.6. The highest BCUT2D eigenvalue weighted by Crippen LogP contribution is 2.58. The van der Waals surface area contributed by atoms with E-state index >= 15 is 0 Å². The highest BCUT2D eigenvalue weighted by molar-refractivity contribution is 7.16. The highest BCUT2D eigenvalue weighted by atomic mass is 32.1. The third-order valence-electron chi connectivity index (χ3n) is 13.9. The molecule has 0 bridgehead atoms. The first-order valence-electron chi connectivity index (χ1n) is 23.2. The second-order valence-electron chi connectivity index (χ2n) is 17.7. The van der Waals surface area contributed by atoms with E-state index in [9.17, 15) is 9.59 Å². The summed E-state index contributed by atoms with van der Waals surface area (Å²) in [7, 11) is 0. The molecule has 5 nitrogen and oxygen atoms in total. The number of urea groups is 1. The molecule has 1 aromatic heterocycles. The second kappa shape index (κ2) is 17.6. The number of carbonyl (C=O) groups is 2. The number of hydrogen-bond acceptors (Lipinski definition) is 4. The van der Waals surface area contributed by atoms with E-state index in [2.05, 4.69) is 158 Å². The number of fused-ring (bicyclic) bond motifs is 6. The summed E-state index contributed by atoms with van der Waals surface area (Å²) in [5.74, 6) is -0.402. The largest absolute Gasteiger partial charge is 0.326 e. The molecule has 9 rings (SSSR count). The van der Waals surface area contributed by atoms with Gasteiger partial charge in [0.1, 0.15) is 5.70 Å².